The smallest absolute Gasteiger partial charge is 0.0498 e. The molecule has 0 amide bonds. The Bertz CT molecular complexity index is 422. The summed E-state index contributed by atoms with van der Waals surface area (Å²) in [5, 5.41) is 3.71. The van der Waals surface area contributed by atoms with Gasteiger partial charge in [0.2, 0.25) is 0 Å². The molecule has 0 radical (unpaired) electrons. The summed E-state index contributed by atoms with van der Waals surface area (Å²) in [5.41, 5.74) is 1.21. The molecule has 4 heteroatoms. The lowest BCUT2D eigenvalue weighted by atomic mass is 9.94. The molecule has 0 spiro atoms. The lowest BCUT2D eigenvalue weighted by Crippen LogP contribution is -2.39. The number of piperidine rings is 1. The number of fused-ring (bicyclic) bond motifs is 2. The van der Waals surface area contributed by atoms with Gasteiger partial charge in [-0.2, -0.15) is 0 Å². The highest BCUT2D eigenvalue weighted by atomic mass is 79.9. The SMILES string of the molecule is Brc1ccc(Br)c(NC2CCN3CCC2C3)c1. The molecule has 2 aliphatic heterocycles. The van der Waals surface area contributed by atoms with Crippen LogP contribution in [-0.2, 0) is 0 Å². The Kier molecular flexibility index (Phi) is 3.46. The van der Waals surface area contributed by atoms with Crippen LogP contribution in [0.3, 0.4) is 0 Å². The Labute approximate surface area is 119 Å². The number of nitrogens with one attached hydrogen (secondary N) is 1. The monoisotopic (exact) mass is 358 g/mol. The van der Waals surface area contributed by atoms with Gasteiger partial charge >= 0.3 is 0 Å². The van der Waals surface area contributed by atoms with Gasteiger partial charge in [-0.3, -0.25) is 0 Å². The quantitative estimate of drug-likeness (QED) is 0.865. The fourth-order valence-electron chi connectivity index (χ4n) is 2.95. The molecule has 2 fully saturated rings. The molecule has 17 heavy (non-hydrogen) atoms. The van der Waals surface area contributed by atoms with Gasteiger partial charge in [0.25, 0.3) is 0 Å². The van der Waals surface area contributed by atoms with Crippen molar-refractivity contribution < 1.29 is 0 Å². The van der Waals surface area contributed by atoms with Crippen LogP contribution in [0.15, 0.2) is 27.1 Å². The van der Waals surface area contributed by atoms with Gasteiger partial charge in [0, 0.05) is 33.8 Å². The van der Waals surface area contributed by atoms with Gasteiger partial charge in [-0.05, 0) is 59.4 Å². The molecule has 2 aliphatic rings. The number of hydrogen-bond donors (Lipinski definition) is 1. The van der Waals surface area contributed by atoms with Gasteiger partial charge in [-0.15, -0.1) is 0 Å². The van der Waals surface area contributed by atoms with Crippen molar-refractivity contribution >= 4 is 37.5 Å². The first kappa shape index (κ1) is 12.0. The fourth-order valence-corrected chi connectivity index (χ4v) is 3.67. The van der Waals surface area contributed by atoms with Crippen LogP contribution in [0.2, 0.25) is 0 Å². The van der Waals surface area contributed by atoms with Crippen molar-refractivity contribution in [3.8, 4) is 0 Å². The summed E-state index contributed by atoms with van der Waals surface area (Å²) in [4.78, 5) is 2.58. The number of halogens is 2. The van der Waals surface area contributed by atoms with E-state index < -0.39 is 0 Å². The van der Waals surface area contributed by atoms with Crippen LogP contribution in [0.5, 0.6) is 0 Å². The molecule has 0 aromatic heterocycles. The van der Waals surface area contributed by atoms with Gasteiger partial charge < -0.3 is 10.2 Å². The molecule has 1 aromatic rings. The highest BCUT2D eigenvalue weighted by Gasteiger charge is 2.34. The number of benzene rings is 1. The first-order valence-corrected chi connectivity index (χ1v) is 7.75. The van der Waals surface area contributed by atoms with Crippen molar-refractivity contribution in [2.45, 2.75) is 18.9 Å². The standard InChI is InChI=1S/C13H16Br2N2/c14-10-1-2-11(15)13(7-10)16-12-4-6-17-5-3-9(12)8-17/h1-2,7,9,12,16H,3-6,8H2. The molecule has 2 saturated heterocycles. The van der Waals surface area contributed by atoms with Crippen molar-refractivity contribution in [1.29, 1.82) is 0 Å². The van der Waals surface area contributed by atoms with E-state index in [1.807, 2.05) is 0 Å². The Morgan fingerprint density at radius 3 is 2.88 bits per heavy atom. The molecule has 0 aliphatic carbocycles. The first-order valence-electron chi connectivity index (χ1n) is 6.16. The van der Waals surface area contributed by atoms with E-state index >= 15 is 0 Å². The molecule has 3 unspecified atom stereocenters. The van der Waals surface area contributed by atoms with Crippen molar-refractivity contribution in [2.75, 3.05) is 25.0 Å². The van der Waals surface area contributed by atoms with Crippen molar-refractivity contribution in [1.82, 2.24) is 4.90 Å². The highest BCUT2D eigenvalue weighted by Crippen LogP contribution is 2.32. The Morgan fingerprint density at radius 2 is 2.00 bits per heavy atom. The number of rotatable bonds is 2. The molecular formula is C13H16Br2N2. The summed E-state index contributed by atoms with van der Waals surface area (Å²) in [6, 6.07) is 6.95. The first-order chi connectivity index (χ1) is 8.22. The van der Waals surface area contributed by atoms with E-state index in [-0.39, 0.29) is 0 Å². The summed E-state index contributed by atoms with van der Waals surface area (Å²) < 4.78 is 2.29. The molecule has 1 aromatic carbocycles. The number of anilines is 1. The second-order valence-corrected chi connectivity index (χ2v) is 6.78. The van der Waals surface area contributed by atoms with Crippen molar-refractivity contribution in [3.63, 3.8) is 0 Å². The van der Waals surface area contributed by atoms with Gasteiger partial charge in [0.05, 0.1) is 0 Å². The van der Waals surface area contributed by atoms with E-state index in [4.69, 9.17) is 0 Å². The van der Waals surface area contributed by atoms with Crippen LogP contribution in [-0.4, -0.2) is 30.6 Å². The minimum Gasteiger partial charge on any atom is -0.381 e. The topological polar surface area (TPSA) is 15.3 Å². The van der Waals surface area contributed by atoms with Gasteiger partial charge in [-0.25, -0.2) is 0 Å². The van der Waals surface area contributed by atoms with Crippen LogP contribution in [0, 0.1) is 5.92 Å². The van der Waals surface area contributed by atoms with E-state index in [0.717, 1.165) is 14.9 Å². The lowest BCUT2D eigenvalue weighted by molar-refractivity contribution is 0.255. The normalized spacial score (nSPS) is 31.5. The third-order valence-electron chi connectivity index (χ3n) is 3.90. The molecule has 1 N–H and O–H groups in total. The zero-order chi connectivity index (χ0) is 11.8. The third-order valence-corrected chi connectivity index (χ3v) is 5.09. The summed E-state index contributed by atoms with van der Waals surface area (Å²) in [5.74, 6) is 0.828. The van der Waals surface area contributed by atoms with Crippen LogP contribution in [0.4, 0.5) is 5.69 Å². The van der Waals surface area contributed by atoms with E-state index in [0.29, 0.717) is 6.04 Å². The molecule has 92 valence electrons. The van der Waals surface area contributed by atoms with Crippen LogP contribution < -0.4 is 5.32 Å². The Hall–Kier alpha value is -0.0600. The lowest BCUT2D eigenvalue weighted by Gasteiger charge is -2.32. The molecule has 2 bridgehead atoms. The minimum absolute atomic E-state index is 0.638. The van der Waals surface area contributed by atoms with Gasteiger partial charge in [0.15, 0.2) is 0 Å². The van der Waals surface area contributed by atoms with E-state index in [1.165, 1.54) is 38.2 Å². The molecule has 3 rings (SSSR count). The van der Waals surface area contributed by atoms with Crippen LogP contribution in [0.1, 0.15) is 12.8 Å². The summed E-state index contributed by atoms with van der Waals surface area (Å²) in [7, 11) is 0. The maximum absolute atomic E-state index is 3.71. The molecule has 2 nitrogen and oxygen atoms in total. The second-order valence-electron chi connectivity index (χ2n) is 5.01. The summed E-state index contributed by atoms with van der Waals surface area (Å²) in [6.07, 6.45) is 2.62. The molecule has 0 saturated carbocycles. The predicted molar refractivity (Wildman–Crippen MR) is 78.4 cm³/mol. The fraction of sp³-hybridized carbons (Fsp3) is 0.538. The molecule has 3 atom stereocenters. The van der Waals surface area contributed by atoms with E-state index in [1.54, 1.807) is 0 Å². The Morgan fingerprint density at radius 1 is 1.18 bits per heavy atom. The van der Waals surface area contributed by atoms with Crippen LogP contribution in [0.25, 0.3) is 0 Å². The largest absolute Gasteiger partial charge is 0.381 e. The highest BCUT2D eigenvalue weighted by molar-refractivity contribution is 9.11. The maximum Gasteiger partial charge on any atom is 0.0498 e. The zero-order valence-electron chi connectivity index (χ0n) is 9.63. The molecule has 2 heterocycles. The van der Waals surface area contributed by atoms with Crippen molar-refractivity contribution in [3.05, 3.63) is 27.1 Å². The minimum atomic E-state index is 0.638. The second kappa shape index (κ2) is 4.90. The van der Waals surface area contributed by atoms with E-state index in [9.17, 15) is 0 Å². The zero-order valence-corrected chi connectivity index (χ0v) is 12.8. The maximum atomic E-state index is 3.71. The summed E-state index contributed by atoms with van der Waals surface area (Å²) in [6.45, 7) is 3.82. The number of hydrogen-bond acceptors (Lipinski definition) is 2. The average molecular weight is 360 g/mol. The summed E-state index contributed by atoms with van der Waals surface area (Å²) >= 11 is 7.15. The Balaban J connectivity index is 1.75. The van der Waals surface area contributed by atoms with E-state index in [2.05, 4.69) is 60.3 Å². The van der Waals surface area contributed by atoms with Crippen molar-refractivity contribution in [2.24, 2.45) is 5.92 Å². The van der Waals surface area contributed by atoms with Crippen LogP contribution >= 0.6 is 31.9 Å². The predicted octanol–water partition coefficient (Wildman–Crippen LogP) is 3.72. The van der Waals surface area contributed by atoms with Gasteiger partial charge in [-0.1, -0.05) is 15.9 Å². The number of nitrogens with zero attached hydrogens (tertiary/aromatic N) is 1. The van der Waals surface area contributed by atoms with Gasteiger partial charge in [0.1, 0.15) is 0 Å². The third kappa shape index (κ3) is 2.54. The molecular weight excluding hydrogens is 344 g/mol. The average Bonchev–Trinajstić information content (AvgIpc) is 2.70.